The molecule has 3 N–H and O–H groups in total. The standard InChI is InChI=1S/C12H18N2O3S/c1-8(2)14-12(17)11(16)13-6-5-9(15)10-4-3-7-18-10/h3-4,7-9,15H,5-6H2,1-2H3,(H,13,16)(H,14,17). The van der Waals surface area contributed by atoms with Crippen molar-refractivity contribution in [1.29, 1.82) is 0 Å². The fourth-order valence-electron chi connectivity index (χ4n) is 1.35. The molecule has 0 aliphatic rings. The number of amides is 2. The fourth-order valence-corrected chi connectivity index (χ4v) is 2.10. The minimum Gasteiger partial charge on any atom is -0.388 e. The Morgan fingerprint density at radius 1 is 1.39 bits per heavy atom. The lowest BCUT2D eigenvalue weighted by Crippen LogP contribution is -2.43. The number of carbonyl (C=O) groups is 2. The topological polar surface area (TPSA) is 78.4 Å². The molecule has 6 heteroatoms. The summed E-state index contributed by atoms with van der Waals surface area (Å²) in [5.41, 5.74) is 0. The summed E-state index contributed by atoms with van der Waals surface area (Å²) in [6, 6.07) is 3.63. The molecule has 0 aromatic carbocycles. The number of aliphatic hydroxyl groups is 1. The van der Waals surface area contributed by atoms with E-state index >= 15 is 0 Å². The highest BCUT2D eigenvalue weighted by molar-refractivity contribution is 7.10. The minimum absolute atomic E-state index is 0.0695. The largest absolute Gasteiger partial charge is 0.388 e. The number of aliphatic hydroxyl groups excluding tert-OH is 1. The van der Waals surface area contributed by atoms with Gasteiger partial charge in [0.2, 0.25) is 0 Å². The molecule has 1 aromatic rings. The predicted molar refractivity (Wildman–Crippen MR) is 70.2 cm³/mol. The number of nitrogens with one attached hydrogen (secondary N) is 2. The second-order valence-electron chi connectivity index (χ2n) is 4.20. The summed E-state index contributed by atoms with van der Waals surface area (Å²) in [7, 11) is 0. The van der Waals surface area contributed by atoms with Gasteiger partial charge in [-0.2, -0.15) is 0 Å². The molecule has 1 atom stereocenters. The third-order valence-electron chi connectivity index (χ3n) is 2.20. The Balaban J connectivity index is 2.25. The molecule has 100 valence electrons. The average Bonchev–Trinajstić information content (AvgIpc) is 2.81. The molecule has 0 aliphatic carbocycles. The second-order valence-corrected chi connectivity index (χ2v) is 5.18. The zero-order valence-electron chi connectivity index (χ0n) is 10.5. The molecule has 0 radical (unpaired) electrons. The van der Waals surface area contributed by atoms with Crippen LogP contribution in [0.2, 0.25) is 0 Å². The van der Waals surface area contributed by atoms with Crippen molar-refractivity contribution in [2.45, 2.75) is 32.4 Å². The Morgan fingerprint density at radius 2 is 2.11 bits per heavy atom. The zero-order valence-corrected chi connectivity index (χ0v) is 11.3. The maximum Gasteiger partial charge on any atom is 0.309 e. The van der Waals surface area contributed by atoms with Gasteiger partial charge >= 0.3 is 11.8 Å². The van der Waals surface area contributed by atoms with E-state index < -0.39 is 17.9 Å². The van der Waals surface area contributed by atoms with Crippen LogP contribution in [0.1, 0.15) is 31.2 Å². The summed E-state index contributed by atoms with van der Waals surface area (Å²) < 4.78 is 0. The van der Waals surface area contributed by atoms with Gasteiger partial charge in [0.1, 0.15) is 0 Å². The summed E-state index contributed by atoms with van der Waals surface area (Å²) in [6.45, 7) is 3.83. The summed E-state index contributed by atoms with van der Waals surface area (Å²) in [5, 5.41) is 16.6. The molecule has 0 bridgehead atoms. The third-order valence-corrected chi connectivity index (χ3v) is 3.17. The average molecular weight is 270 g/mol. The van der Waals surface area contributed by atoms with Crippen molar-refractivity contribution in [3.8, 4) is 0 Å². The van der Waals surface area contributed by atoms with Gasteiger partial charge in [0.25, 0.3) is 0 Å². The molecule has 5 nitrogen and oxygen atoms in total. The normalized spacial score (nSPS) is 12.2. The first-order valence-corrected chi connectivity index (χ1v) is 6.69. The van der Waals surface area contributed by atoms with Gasteiger partial charge in [-0.1, -0.05) is 6.07 Å². The molecule has 2 amide bonds. The van der Waals surface area contributed by atoms with Crippen molar-refractivity contribution in [2.75, 3.05) is 6.54 Å². The smallest absolute Gasteiger partial charge is 0.309 e. The van der Waals surface area contributed by atoms with E-state index in [1.165, 1.54) is 11.3 Å². The first-order chi connectivity index (χ1) is 8.50. The molecule has 1 heterocycles. The lowest BCUT2D eigenvalue weighted by molar-refractivity contribution is -0.139. The van der Waals surface area contributed by atoms with Crippen molar-refractivity contribution in [2.24, 2.45) is 0 Å². The molecule has 1 rings (SSSR count). The Kier molecular flexibility index (Phi) is 5.80. The molecule has 0 fully saturated rings. The summed E-state index contributed by atoms with van der Waals surface area (Å²) in [5.74, 6) is -1.31. The molecular weight excluding hydrogens is 252 g/mol. The molecule has 1 aromatic heterocycles. The quantitative estimate of drug-likeness (QED) is 0.693. The van der Waals surface area contributed by atoms with Crippen molar-refractivity contribution in [3.05, 3.63) is 22.4 Å². The number of carbonyl (C=O) groups excluding carboxylic acids is 2. The van der Waals surface area contributed by atoms with Crippen LogP contribution >= 0.6 is 11.3 Å². The van der Waals surface area contributed by atoms with Crippen LogP contribution < -0.4 is 10.6 Å². The number of hydrogen-bond acceptors (Lipinski definition) is 4. The predicted octanol–water partition coefficient (Wildman–Crippen LogP) is 0.812. The van der Waals surface area contributed by atoms with E-state index in [0.29, 0.717) is 6.42 Å². The van der Waals surface area contributed by atoms with Gasteiger partial charge in [0.05, 0.1) is 6.10 Å². The van der Waals surface area contributed by atoms with E-state index in [1.54, 1.807) is 13.8 Å². The van der Waals surface area contributed by atoms with Gasteiger partial charge in [-0.3, -0.25) is 9.59 Å². The highest BCUT2D eigenvalue weighted by Gasteiger charge is 2.14. The highest BCUT2D eigenvalue weighted by Crippen LogP contribution is 2.20. The molecule has 0 saturated carbocycles. The summed E-state index contributed by atoms with van der Waals surface area (Å²) >= 11 is 1.46. The van der Waals surface area contributed by atoms with Gasteiger partial charge in [-0.25, -0.2) is 0 Å². The number of rotatable bonds is 5. The first-order valence-electron chi connectivity index (χ1n) is 5.81. The molecule has 0 spiro atoms. The van der Waals surface area contributed by atoms with Crippen LogP contribution in [0.15, 0.2) is 17.5 Å². The molecule has 1 unspecified atom stereocenters. The number of thiophene rings is 1. The van der Waals surface area contributed by atoms with Gasteiger partial charge < -0.3 is 15.7 Å². The van der Waals surface area contributed by atoms with Crippen LogP contribution in [-0.4, -0.2) is 29.5 Å². The minimum atomic E-state index is -0.665. The van der Waals surface area contributed by atoms with Crippen molar-refractivity contribution < 1.29 is 14.7 Å². The van der Waals surface area contributed by atoms with Crippen LogP contribution in [0.4, 0.5) is 0 Å². The maximum absolute atomic E-state index is 11.3. The Bertz CT molecular complexity index is 390. The maximum atomic E-state index is 11.3. The van der Waals surface area contributed by atoms with Crippen molar-refractivity contribution in [1.82, 2.24) is 10.6 Å². The summed E-state index contributed by atoms with van der Waals surface area (Å²) in [6.07, 6.45) is -0.209. The van der Waals surface area contributed by atoms with Crippen LogP contribution in [0.3, 0.4) is 0 Å². The van der Waals surface area contributed by atoms with E-state index in [0.717, 1.165) is 4.88 Å². The third kappa shape index (κ3) is 4.85. The zero-order chi connectivity index (χ0) is 13.5. The van der Waals surface area contributed by atoms with E-state index in [2.05, 4.69) is 10.6 Å². The van der Waals surface area contributed by atoms with E-state index in [4.69, 9.17) is 0 Å². The van der Waals surface area contributed by atoms with Crippen molar-refractivity contribution in [3.63, 3.8) is 0 Å². The van der Waals surface area contributed by atoms with Crippen LogP contribution in [0.25, 0.3) is 0 Å². The van der Waals surface area contributed by atoms with Gasteiger partial charge in [0, 0.05) is 17.5 Å². The van der Waals surface area contributed by atoms with Gasteiger partial charge in [-0.15, -0.1) is 11.3 Å². The summed E-state index contributed by atoms with van der Waals surface area (Å²) in [4.78, 5) is 23.5. The molecule has 0 saturated heterocycles. The van der Waals surface area contributed by atoms with E-state index in [1.807, 2.05) is 17.5 Å². The molecular formula is C12H18N2O3S. The Labute approximate surface area is 110 Å². The fraction of sp³-hybridized carbons (Fsp3) is 0.500. The number of hydrogen-bond donors (Lipinski definition) is 3. The van der Waals surface area contributed by atoms with E-state index in [-0.39, 0.29) is 12.6 Å². The van der Waals surface area contributed by atoms with Crippen molar-refractivity contribution >= 4 is 23.2 Å². The Hall–Kier alpha value is -1.40. The van der Waals surface area contributed by atoms with E-state index in [9.17, 15) is 14.7 Å². The monoisotopic (exact) mass is 270 g/mol. The second kappa shape index (κ2) is 7.13. The van der Waals surface area contributed by atoms with Gasteiger partial charge in [0.15, 0.2) is 0 Å². The molecule has 18 heavy (non-hydrogen) atoms. The Morgan fingerprint density at radius 3 is 2.67 bits per heavy atom. The molecule has 0 aliphatic heterocycles. The SMILES string of the molecule is CC(C)NC(=O)C(=O)NCCC(O)c1cccs1. The lowest BCUT2D eigenvalue weighted by Gasteiger charge is -2.10. The highest BCUT2D eigenvalue weighted by atomic mass is 32.1. The van der Waals surface area contributed by atoms with Crippen LogP contribution in [0.5, 0.6) is 0 Å². The van der Waals surface area contributed by atoms with Gasteiger partial charge in [-0.05, 0) is 31.7 Å². The van der Waals surface area contributed by atoms with Crippen LogP contribution in [0, 0.1) is 0 Å². The van der Waals surface area contributed by atoms with Crippen LogP contribution in [-0.2, 0) is 9.59 Å². The lowest BCUT2D eigenvalue weighted by atomic mass is 10.2. The first kappa shape index (κ1) is 14.7.